The summed E-state index contributed by atoms with van der Waals surface area (Å²) < 4.78 is 0. The van der Waals surface area contributed by atoms with Gasteiger partial charge in [0.1, 0.15) is 6.54 Å². The van der Waals surface area contributed by atoms with E-state index in [1.54, 1.807) is 31.3 Å². The number of anilines is 1. The molecule has 1 saturated heterocycles. The van der Waals surface area contributed by atoms with E-state index in [1.807, 2.05) is 0 Å². The van der Waals surface area contributed by atoms with Crippen LogP contribution in [0.1, 0.15) is 24.8 Å². The molecule has 0 bridgehead atoms. The Morgan fingerprint density at radius 2 is 1.82 bits per heavy atom. The molecule has 22 heavy (non-hydrogen) atoms. The van der Waals surface area contributed by atoms with Gasteiger partial charge in [-0.1, -0.05) is 24.6 Å². The van der Waals surface area contributed by atoms with Gasteiger partial charge in [0.25, 0.3) is 0 Å². The topological polar surface area (TPSA) is 77.9 Å². The van der Waals surface area contributed by atoms with Crippen molar-refractivity contribution >= 4 is 23.5 Å². The Hall–Kier alpha value is -2.37. The van der Waals surface area contributed by atoms with Crippen molar-refractivity contribution in [3.8, 4) is 0 Å². The van der Waals surface area contributed by atoms with Crippen molar-refractivity contribution in [1.29, 1.82) is 0 Å². The molecule has 2 amide bonds. The highest BCUT2D eigenvalue weighted by Crippen LogP contribution is 2.47. The molecule has 1 aromatic carbocycles. The molecule has 116 valence electrons. The molecular formula is C16H18N2O4. The second kappa shape index (κ2) is 5.12. The van der Waals surface area contributed by atoms with Crippen molar-refractivity contribution in [1.82, 2.24) is 4.90 Å². The molecule has 1 aliphatic heterocycles. The van der Waals surface area contributed by atoms with E-state index in [0.29, 0.717) is 24.1 Å². The Balaban J connectivity index is 2.04. The number of hydrogen-bond acceptors (Lipinski definition) is 3. The summed E-state index contributed by atoms with van der Waals surface area (Å²) >= 11 is 0. The molecule has 2 aliphatic rings. The first kappa shape index (κ1) is 14.6. The number of aliphatic carboxylic acids is 1. The van der Waals surface area contributed by atoms with Gasteiger partial charge in [-0.15, -0.1) is 0 Å². The number of para-hydroxylation sites is 1. The number of carboxylic acid groups (broad SMARTS) is 1. The van der Waals surface area contributed by atoms with Gasteiger partial charge in [0.05, 0.1) is 12.0 Å². The maximum absolute atomic E-state index is 12.3. The van der Waals surface area contributed by atoms with Crippen molar-refractivity contribution in [2.75, 3.05) is 25.0 Å². The number of rotatable bonds is 3. The van der Waals surface area contributed by atoms with Crippen LogP contribution in [0.4, 0.5) is 5.69 Å². The first-order valence-corrected chi connectivity index (χ1v) is 7.33. The average molecular weight is 302 g/mol. The summed E-state index contributed by atoms with van der Waals surface area (Å²) in [5.41, 5.74) is 0.263. The largest absolute Gasteiger partial charge is 0.481 e. The van der Waals surface area contributed by atoms with Crippen molar-refractivity contribution in [3.05, 3.63) is 29.8 Å². The van der Waals surface area contributed by atoms with E-state index in [9.17, 15) is 19.5 Å². The highest BCUT2D eigenvalue weighted by Gasteiger charge is 2.48. The summed E-state index contributed by atoms with van der Waals surface area (Å²) in [5.74, 6) is -1.19. The maximum atomic E-state index is 12.3. The summed E-state index contributed by atoms with van der Waals surface area (Å²) in [6, 6.07) is 7.04. The monoisotopic (exact) mass is 302 g/mol. The molecule has 1 saturated carbocycles. The van der Waals surface area contributed by atoms with Gasteiger partial charge in [-0.3, -0.25) is 14.4 Å². The van der Waals surface area contributed by atoms with Crippen LogP contribution in [0, 0.1) is 0 Å². The van der Waals surface area contributed by atoms with Crippen LogP contribution in [-0.4, -0.2) is 47.9 Å². The standard InChI is InChI=1S/C16H18N2O4/c1-17-9-14(20)18(10-13(17)19)12-6-3-2-5-11(12)16(15(21)22)7-4-8-16/h2-3,5-6H,4,7-10H2,1H3,(H,21,22). The number of hydrogen-bond donors (Lipinski definition) is 1. The third-order valence-electron chi connectivity index (χ3n) is 4.72. The molecular weight excluding hydrogens is 284 g/mol. The minimum absolute atomic E-state index is 0.0211. The number of carbonyl (C=O) groups is 3. The minimum Gasteiger partial charge on any atom is -0.481 e. The van der Waals surface area contributed by atoms with Crippen LogP contribution in [-0.2, 0) is 19.8 Å². The lowest BCUT2D eigenvalue weighted by Crippen LogP contribution is -2.53. The number of carbonyl (C=O) groups excluding carboxylic acids is 2. The Kier molecular flexibility index (Phi) is 3.39. The predicted octanol–water partition coefficient (Wildman–Crippen LogP) is 0.998. The summed E-state index contributed by atoms with van der Waals surface area (Å²) in [6.07, 6.45) is 1.99. The zero-order chi connectivity index (χ0) is 15.9. The van der Waals surface area contributed by atoms with Crippen molar-refractivity contribution in [3.63, 3.8) is 0 Å². The van der Waals surface area contributed by atoms with E-state index < -0.39 is 11.4 Å². The molecule has 2 fully saturated rings. The van der Waals surface area contributed by atoms with E-state index in [0.717, 1.165) is 6.42 Å². The quantitative estimate of drug-likeness (QED) is 0.903. The van der Waals surface area contributed by atoms with Crippen LogP contribution in [0.15, 0.2) is 24.3 Å². The molecule has 1 aromatic rings. The average Bonchev–Trinajstić information content (AvgIpc) is 2.42. The third kappa shape index (κ3) is 2.06. The molecule has 6 heteroatoms. The van der Waals surface area contributed by atoms with E-state index >= 15 is 0 Å². The second-order valence-electron chi connectivity index (χ2n) is 5.99. The molecule has 1 N–H and O–H groups in total. The smallest absolute Gasteiger partial charge is 0.314 e. The van der Waals surface area contributed by atoms with Crippen LogP contribution in [0.3, 0.4) is 0 Å². The van der Waals surface area contributed by atoms with Gasteiger partial charge in [0.2, 0.25) is 11.8 Å². The summed E-state index contributed by atoms with van der Waals surface area (Å²) in [6.45, 7) is -0.0186. The van der Waals surface area contributed by atoms with Gasteiger partial charge in [0.15, 0.2) is 0 Å². The Morgan fingerprint density at radius 1 is 1.14 bits per heavy atom. The normalized spacial score (nSPS) is 20.8. The van der Waals surface area contributed by atoms with Gasteiger partial charge < -0.3 is 14.9 Å². The van der Waals surface area contributed by atoms with Crippen LogP contribution >= 0.6 is 0 Å². The summed E-state index contributed by atoms with van der Waals surface area (Å²) in [7, 11) is 1.59. The molecule has 0 spiro atoms. The molecule has 0 unspecified atom stereocenters. The third-order valence-corrected chi connectivity index (χ3v) is 4.72. The number of amides is 2. The molecule has 3 rings (SSSR count). The lowest BCUT2D eigenvalue weighted by molar-refractivity contribution is -0.147. The van der Waals surface area contributed by atoms with E-state index in [2.05, 4.69) is 0 Å². The van der Waals surface area contributed by atoms with Crippen molar-refractivity contribution in [2.24, 2.45) is 0 Å². The lowest BCUT2D eigenvalue weighted by atomic mass is 9.64. The fraction of sp³-hybridized carbons (Fsp3) is 0.438. The predicted molar refractivity (Wildman–Crippen MR) is 79.6 cm³/mol. The number of carboxylic acids is 1. The highest BCUT2D eigenvalue weighted by molar-refractivity contribution is 6.05. The molecule has 0 radical (unpaired) electrons. The highest BCUT2D eigenvalue weighted by atomic mass is 16.4. The molecule has 0 aromatic heterocycles. The van der Waals surface area contributed by atoms with Crippen molar-refractivity contribution < 1.29 is 19.5 Å². The lowest BCUT2D eigenvalue weighted by Gasteiger charge is -2.41. The summed E-state index contributed by atoms with van der Waals surface area (Å²) in [4.78, 5) is 38.8. The fourth-order valence-electron chi connectivity index (χ4n) is 3.18. The van der Waals surface area contributed by atoms with Crippen LogP contribution < -0.4 is 4.90 Å². The number of nitrogens with zero attached hydrogens (tertiary/aromatic N) is 2. The summed E-state index contributed by atoms with van der Waals surface area (Å²) in [5, 5.41) is 9.64. The maximum Gasteiger partial charge on any atom is 0.314 e. The second-order valence-corrected chi connectivity index (χ2v) is 5.99. The molecule has 0 atom stereocenters. The van der Waals surface area contributed by atoms with Crippen LogP contribution in [0.2, 0.25) is 0 Å². The molecule has 1 heterocycles. The SMILES string of the molecule is CN1CC(=O)N(c2ccccc2C2(C(=O)O)CCC2)CC1=O. The fourth-order valence-corrected chi connectivity index (χ4v) is 3.18. The first-order chi connectivity index (χ1) is 10.5. The molecule has 6 nitrogen and oxygen atoms in total. The van der Waals surface area contributed by atoms with Crippen LogP contribution in [0.25, 0.3) is 0 Å². The Labute approximate surface area is 128 Å². The van der Waals surface area contributed by atoms with Gasteiger partial charge in [-0.05, 0) is 24.5 Å². The number of benzene rings is 1. The van der Waals surface area contributed by atoms with E-state index in [1.165, 1.54) is 9.80 Å². The number of piperazine rings is 1. The molecule has 1 aliphatic carbocycles. The van der Waals surface area contributed by atoms with Crippen LogP contribution in [0.5, 0.6) is 0 Å². The van der Waals surface area contributed by atoms with Gasteiger partial charge in [-0.25, -0.2) is 0 Å². The zero-order valence-corrected chi connectivity index (χ0v) is 12.4. The van der Waals surface area contributed by atoms with E-state index in [-0.39, 0.29) is 24.9 Å². The number of likely N-dealkylation sites (N-methyl/N-ethyl adjacent to an activating group) is 1. The Bertz CT molecular complexity index is 651. The Morgan fingerprint density at radius 3 is 2.41 bits per heavy atom. The van der Waals surface area contributed by atoms with Gasteiger partial charge in [-0.2, -0.15) is 0 Å². The first-order valence-electron chi connectivity index (χ1n) is 7.33. The van der Waals surface area contributed by atoms with Crippen molar-refractivity contribution in [2.45, 2.75) is 24.7 Å². The van der Waals surface area contributed by atoms with E-state index in [4.69, 9.17) is 0 Å². The van der Waals surface area contributed by atoms with Gasteiger partial charge >= 0.3 is 5.97 Å². The van der Waals surface area contributed by atoms with Gasteiger partial charge in [0, 0.05) is 12.7 Å². The minimum atomic E-state index is -0.927. The zero-order valence-electron chi connectivity index (χ0n) is 12.4.